The summed E-state index contributed by atoms with van der Waals surface area (Å²) in [7, 11) is 3.18. The van der Waals surface area contributed by atoms with E-state index in [2.05, 4.69) is 5.10 Å². The third-order valence-corrected chi connectivity index (χ3v) is 5.94. The van der Waals surface area contributed by atoms with E-state index in [-0.39, 0.29) is 5.56 Å². The number of aromatic hydroxyl groups is 3. The predicted octanol–water partition coefficient (Wildman–Crippen LogP) is 4.33. The van der Waals surface area contributed by atoms with Gasteiger partial charge in [-0.3, -0.25) is 4.99 Å². The van der Waals surface area contributed by atoms with Crippen molar-refractivity contribution in [2.45, 2.75) is 6.54 Å². The van der Waals surface area contributed by atoms with Gasteiger partial charge in [0.2, 0.25) is 10.6 Å². The van der Waals surface area contributed by atoms with Crippen molar-refractivity contribution in [3.63, 3.8) is 0 Å². The molecule has 0 aliphatic carbocycles. The maximum Gasteiger partial charge on any atom is 0.206 e. The Bertz CT molecular complexity index is 1390. The van der Waals surface area contributed by atoms with E-state index in [1.165, 1.54) is 29.7 Å². The molecule has 174 valence electrons. The molecule has 4 rings (SSSR count). The number of phenolic OH excluding ortho intramolecular Hbond substituents is 3. The Morgan fingerprint density at radius 3 is 2.47 bits per heavy atom. The highest BCUT2D eigenvalue weighted by Crippen LogP contribution is 2.37. The summed E-state index contributed by atoms with van der Waals surface area (Å²) in [4.78, 5) is 5.34. The molecule has 34 heavy (non-hydrogen) atoms. The van der Waals surface area contributed by atoms with Crippen molar-refractivity contribution in [2.75, 3.05) is 14.2 Å². The summed E-state index contributed by atoms with van der Waals surface area (Å²) < 4.78 is 12.6. The van der Waals surface area contributed by atoms with E-state index >= 15 is 0 Å². The molecule has 4 aromatic rings. The first-order valence-corrected chi connectivity index (χ1v) is 11.2. The molecule has 1 heterocycles. The fourth-order valence-electron chi connectivity index (χ4n) is 3.27. The number of ether oxygens (including phenoxy) is 2. The van der Waals surface area contributed by atoms with Crippen molar-refractivity contribution >= 4 is 17.6 Å². The second kappa shape index (κ2) is 10.1. The van der Waals surface area contributed by atoms with Crippen LogP contribution in [0.2, 0.25) is 0 Å². The standard InChI is InChI=1S/C25H23N3O5S/c1-32-18-9-11-22(33-2)19(12-18)20-15-34-25(26-13-16-6-4-3-5-7-16)28(20)27-14-17-8-10-21(29)24(31)23(17)30/h3-12,14-15,29-31H,13H2,1-2H3. The van der Waals surface area contributed by atoms with Crippen LogP contribution in [0.1, 0.15) is 11.1 Å². The zero-order chi connectivity index (χ0) is 24.1. The molecule has 0 unspecified atom stereocenters. The van der Waals surface area contributed by atoms with E-state index in [0.717, 1.165) is 11.1 Å². The monoisotopic (exact) mass is 477 g/mol. The Kier molecular flexibility index (Phi) is 6.84. The van der Waals surface area contributed by atoms with Crippen molar-refractivity contribution in [2.24, 2.45) is 10.1 Å². The summed E-state index contributed by atoms with van der Waals surface area (Å²) in [5, 5.41) is 36.1. The Balaban J connectivity index is 1.85. The lowest BCUT2D eigenvalue weighted by molar-refractivity contribution is 0.367. The van der Waals surface area contributed by atoms with Gasteiger partial charge in [0.05, 0.1) is 32.7 Å². The highest BCUT2D eigenvalue weighted by Gasteiger charge is 2.15. The van der Waals surface area contributed by atoms with Crippen LogP contribution in [0.5, 0.6) is 28.7 Å². The zero-order valence-electron chi connectivity index (χ0n) is 18.5. The van der Waals surface area contributed by atoms with Crippen LogP contribution in [-0.4, -0.2) is 40.4 Å². The van der Waals surface area contributed by atoms with Crippen LogP contribution >= 0.6 is 11.3 Å². The smallest absolute Gasteiger partial charge is 0.206 e. The average molecular weight is 478 g/mol. The fourth-order valence-corrected chi connectivity index (χ4v) is 4.10. The van der Waals surface area contributed by atoms with Crippen LogP contribution in [0.3, 0.4) is 0 Å². The van der Waals surface area contributed by atoms with E-state index in [1.54, 1.807) is 25.0 Å². The van der Waals surface area contributed by atoms with Crippen LogP contribution in [0.25, 0.3) is 11.3 Å². The number of hydrogen-bond donors (Lipinski definition) is 3. The van der Waals surface area contributed by atoms with Gasteiger partial charge in [-0.05, 0) is 35.9 Å². The molecule has 0 bridgehead atoms. The SMILES string of the molecule is COc1ccc(OC)c(-c2csc(=NCc3ccccc3)n2N=Cc2ccc(O)c(O)c2O)c1. The topological polar surface area (TPSA) is 109 Å². The largest absolute Gasteiger partial charge is 0.504 e. The lowest BCUT2D eigenvalue weighted by atomic mass is 10.1. The van der Waals surface area contributed by atoms with Crippen molar-refractivity contribution in [1.29, 1.82) is 0 Å². The third-order valence-electron chi connectivity index (χ3n) is 5.08. The van der Waals surface area contributed by atoms with Gasteiger partial charge in [-0.1, -0.05) is 30.3 Å². The maximum atomic E-state index is 10.2. The van der Waals surface area contributed by atoms with Crippen molar-refractivity contribution in [3.05, 3.63) is 82.0 Å². The summed E-state index contributed by atoms with van der Waals surface area (Å²) >= 11 is 1.40. The van der Waals surface area contributed by atoms with Gasteiger partial charge in [-0.15, -0.1) is 11.3 Å². The molecular weight excluding hydrogens is 454 g/mol. The number of hydrogen-bond acceptors (Lipinski definition) is 8. The number of phenols is 3. The maximum absolute atomic E-state index is 10.2. The summed E-state index contributed by atoms with van der Waals surface area (Å²) in [6.07, 6.45) is 1.39. The van der Waals surface area contributed by atoms with E-state index < -0.39 is 17.2 Å². The minimum absolute atomic E-state index is 0.228. The third kappa shape index (κ3) is 4.74. The molecule has 0 radical (unpaired) electrons. The number of thiazole rings is 1. The lowest BCUT2D eigenvalue weighted by Crippen LogP contribution is -2.12. The first-order chi connectivity index (χ1) is 16.5. The lowest BCUT2D eigenvalue weighted by Gasteiger charge is -2.11. The van der Waals surface area contributed by atoms with Gasteiger partial charge < -0.3 is 24.8 Å². The molecule has 0 amide bonds. The number of rotatable bonds is 7. The minimum atomic E-state index is -0.608. The van der Waals surface area contributed by atoms with Gasteiger partial charge >= 0.3 is 0 Å². The first kappa shape index (κ1) is 22.9. The van der Waals surface area contributed by atoms with Crippen LogP contribution in [0, 0.1) is 0 Å². The normalized spacial score (nSPS) is 11.8. The second-order valence-electron chi connectivity index (χ2n) is 7.20. The molecule has 8 nitrogen and oxygen atoms in total. The average Bonchev–Trinajstić information content (AvgIpc) is 3.28. The van der Waals surface area contributed by atoms with Crippen molar-refractivity contribution in [1.82, 2.24) is 4.68 Å². The van der Waals surface area contributed by atoms with E-state index in [4.69, 9.17) is 14.5 Å². The Morgan fingerprint density at radius 1 is 0.941 bits per heavy atom. The van der Waals surface area contributed by atoms with Crippen molar-refractivity contribution < 1.29 is 24.8 Å². The van der Waals surface area contributed by atoms with Gasteiger partial charge in [-0.2, -0.15) is 5.10 Å². The van der Waals surface area contributed by atoms with Crippen LogP contribution in [-0.2, 0) is 6.54 Å². The number of aromatic nitrogens is 1. The quantitative estimate of drug-likeness (QED) is 0.271. The molecule has 9 heteroatoms. The number of methoxy groups -OCH3 is 2. The molecule has 0 saturated carbocycles. The molecule has 3 N–H and O–H groups in total. The van der Waals surface area contributed by atoms with Crippen LogP contribution in [0.15, 0.2) is 76.1 Å². The molecule has 0 aliphatic heterocycles. The van der Waals surface area contributed by atoms with Gasteiger partial charge in [0.15, 0.2) is 11.5 Å². The molecule has 0 aliphatic rings. The van der Waals surface area contributed by atoms with Gasteiger partial charge in [0, 0.05) is 16.5 Å². The van der Waals surface area contributed by atoms with Crippen LogP contribution < -0.4 is 14.3 Å². The van der Waals surface area contributed by atoms with Crippen LogP contribution in [0.4, 0.5) is 0 Å². The second-order valence-corrected chi connectivity index (χ2v) is 8.04. The van der Waals surface area contributed by atoms with E-state index in [9.17, 15) is 15.3 Å². The highest BCUT2D eigenvalue weighted by molar-refractivity contribution is 7.07. The highest BCUT2D eigenvalue weighted by atomic mass is 32.1. The molecule has 0 atom stereocenters. The molecule has 0 saturated heterocycles. The Labute approximate surface area is 200 Å². The first-order valence-electron chi connectivity index (χ1n) is 10.3. The van der Waals surface area contributed by atoms with Gasteiger partial charge in [-0.25, -0.2) is 4.68 Å². The fraction of sp³-hybridized carbons (Fsp3) is 0.120. The molecular formula is C25H23N3O5S. The zero-order valence-corrected chi connectivity index (χ0v) is 19.4. The van der Waals surface area contributed by atoms with E-state index in [1.807, 2.05) is 47.8 Å². The van der Waals surface area contributed by atoms with Gasteiger partial charge in [0.1, 0.15) is 11.5 Å². The summed E-state index contributed by atoms with van der Waals surface area (Å²) in [6, 6.07) is 18.0. The Morgan fingerprint density at radius 2 is 1.74 bits per heavy atom. The molecule has 0 fully saturated rings. The summed E-state index contributed by atoms with van der Waals surface area (Å²) in [5.74, 6) is -0.215. The predicted molar refractivity (Wildman–Crippen MR) is 131 cm³/mol. The molecule has 0 spiro atoms. The Hall–Kier alpha value is -4.24. The van der Waals surface area contributed by atoms with E-state index in [0.29, 0.717) is 28.5 Å². The molecule has 3 aromatic carbocycles. The number of nitrogens with zero attached hydrogens (tertiary/aromatic N) is 3. The van der Waals surface area contributed by atoms with Crippen molar-refractivity contribution in [3.8, 4) is 40.0 Å². The molecule has 1 aromatic heterocycles. The summed E-state index contributed by atoms with van der Waals surface area (Å²) in [6.45, 7) is 0.455. The number of benzene rings is 3. The summed E-state index contributed by atoms with van der Waals surface area (Å²) in [5.41, 5.74) is 2.72. The minimum Gasteiger partial charge on any atom is -0.504 e. The van der Waals surface area contributed by atoms with Gasteiger partial charge in [0.25, 0.3) is 0 Å².